The van der Waals surface area contributed by atoms with Crippen LogP contribution in [0.4, 0.5) is 11.6 Å². The largest absolute Gasteiger partial charge is 0.455 e. The predicted octanol–water partition coefficient (Wildman–Crippen LogP) is 4.20. The van der Waals surface area contributed by atoms with E-state index in [1.165, 1.54) is 6.26 Å². The zero-order valence-corrected chi connectivity index (χ0v) is 16.2. The molecule has 2 aromatic carbocycles. The maximum atomic E-state index is 5.76. The standard InChI is InChI=1S/C22H19N5O3/c1-14-11-18(27-26-14)24-21-16-9-5-6-10-17(16)23-22(25-21)30-20-13-28-19(29-20)12-15-7-3-2-4-8-15/h2-11,13,19H,12H2,1H3,(H2,23,24,25,26,27). The fourth-order valence-corrected chi connectivity index (χ4v) is 3.15. The lowest BCUT2D eigenvalue weighted by Gasteiger charge is -2.12. The van der Waals surface area contributed by atoms with Gasteiger partial charge < -0.3 is 19.5 Å². The maximum absolute atomic E-state index is 5.76. The Morgan fingerprint density at radius 2 is 1.90 bits per heavy atom. The first-order valence-corrected chi connectivity index (χ1v) is 9.53. The van der Waals surface area contributed by atoms with Crippen LogP contribution < -0.4 is 10.1 Å². The number of rotatable bonds is 6. The first-order valence-electron chi connectivity index (χ1n) is 9.53. The van der Waals surface area contributed by atoms with Crippen molar-refractivity contribution >= 4 is 22.5 Å². The summed E-state index contributed by atoms with van der Waals surface area (Å²) in [6.07, 6.45) is 1.59. The fraction of sp³-hybridized carbons (Fsp3) is 0.136. The smallest absolute Gasteiger partial charge is 0.327 e. The van der Waals surface area contributed by atoms with Gasteiger partial charge in [-0.25, -0.2) is 0 Å². The van der Waals surface area contributed by atoms with E-state index in [0.717, 1.165) is 22.2 Å². The average Bonchev–Trinajstić information content (AvgIpc) is 3.37. The van der Waals surface area contributed by atoms with Gasteiger partial charge in [0.05, 0.1) is 5.52 Å². The van der Waals surface area contributed by atoms with Gasteiger partial charge >= 0.3 is 12.0 Å². The van der Waals surface area contributed by atoms with Gasteiger partial charge in [-0.05, 0) is 24.6 Å². The highest BCUT2D eigenvalue weighted by atomic mass is 16.8. The summed E-state index contributed by atoms with van der Waals surface area (Å²) in [6, 6.07) is 19.7. The van der Waals surface area contributed by atoms with Crippen molar-refractivity contribution in [2.24, 2.45) is 0 Å². The molecule has 8 nitrogen and oxygen atoms in total. The van der Waals surface area contributed by atoms with E-state index in [1.54, 1.807) is 0 Å². The zero-order chi connectivity index (χ0) is 20.3. The van der Waals surface area contributed by atoms with Crippen molar-refractivity contribution in [1.29, 1.82) is 0 Å². The van der Waals surface area contributed by atoms with Crippen molar-refractivity contribution in [3.05, 3.63) is 84.1 Å². The van der Waals surface area contributed by atoms with Crippen molar-refractivity contribution < 1.29 is 14.2 Å². The van der Waals surface area contributed by atoms with Gasteiger partial charge in [0, 0.05) is 23.6 Å². The summed E-state index contributed by atoms with van der Waals surface area (Å²) in [5, 5.41) is 11.2. The minimum absolute atomic E-state index is 0.152. The molecule has 30 heavy (non-hydrogen) atoms. The van der Waals surface area contributed by atoms with Gasteiger partial charge in [-0.3, -0.25) is 5.10 Å². The summed E-state index contributed by atoms with van der Waals surface area (Å²) in [4.78, 5) is 8.98. The predicted molar refractivity (Wildman–Crippen MR) is 111 cm³/mol. The number of H-pyrrole nitrogens is 1. The highest BCUT2D eigenvalue weighted by Gasteiger charge is 2.23. The van der Waals surface area contributed by atoms with E-state index in [4.69, 9.17) is 14.2 Å². The summed E-state index contributed by atoms with van der Waals surface area (Å²) in [5.41, 5.74) is 2.79. The van der Waals surface area contributed by atoms with Crippen LogP contribution in [0.2, 0.25) is 0 Å². The third-order valence-corrected chi connectivity index (χ3v) is 4.54. The monoisotopic (exact) mass is 401 g/mol. The molecule has 0 spiro atoms. The van der Waals surface area contributed by atoms with Gasteiger partial charge in [-0.15, -0.1) is 0 Å². The van der Waals surface area contributed by atoms with E-state index in [0.29, 0.717) is 18.1 Å². The van der Waals surface area contributed by atoms with Crippen molar-refractivity contribution in [3.63, 3.8) is 0 Å². The molecule has 1 unspecified atom stereocenters. The van der Waals surface area contributed by atoms with E-state index in [-0.39, 0.29) is 12.0 Å². The lowest BCUT2D eigenvalue weighted by Crippen LogP contribution is -2.13. The number of aromatic nitrogens is 4. The van der Waals surface area contributed by atoms with Gasteiger partial charge in [0.15, 0.2) is 12.1 Å². The number of benzene rings is 2. The number of hydrogen-bond donors (Lipinski definition) is 2. The number of aryl methyl sites for hydroxylation is 1. The third-order valence-electron chi connectivity index (χ3n) is 4.54. The first-order chi connectivity index (χ1) is 14.7. The van der Waals surface area contributed by atoms with Crippen LogP contribution in [-0.4, -0.2) is 26.5 Å². The second-order valence-electron chi connectivity index (χ2n) is 6.85. The third kappa shape index (κ3) is 3.88. The highest BCUT2D eigenvalue weighted by molar-refractivity contribution is 5.90. The number of hydrogen-bond acceptors (Lipinski definition) is 7. The topological polar surface area (TPSA) is 94.2 Å². The molecule has 0 fully saturated rings. The van der Waals surface area contributed by atoms with E-state index in [1.807, 2.05) is 67.6 Å². The Labute approximate surface area is 172 Å². The number of anilines is 2. The Hall–Kier alpha value is -4.07. The number of ether oxygens (including phenoxy) is 3. The van der Waals surface area contributed by atoms with Crippen molar-refractivity contribution in [2.75, 3.05) is 5.32 Å². The van der Waals surface area contributed by atoms with Gasteiger partial charge in [-0.1, -0.05) is 42.5 Å². The van der Waals surface area contributed by atoms with Gasteiger partial charge in [0.1, 0.15) is 5.82 Å². The van der Waals surface area contributed by atoms with Crippen molar-refractivity contribution in [2.45, 2.75) is 19.6 Å². The molecule has 1 aliphatic heterocycles. The average molecular weight is 401 g/mol. The van der Waals surface area contributed by atoms with Crippen molar-refractivity contribution in [1.82, 2.24) is 20.2 Å². The molecular weight excluding hydrogens is 382 g/mol. The molecule has 3 heterocycles. The Balaban J connectivity index is 1.34. The first kappa shape index (κ1) is 18.0. The molecule has 0 saturated carbocycles. The lowest BCUT2D eigenvalue weighted by molar-refractivity contribution is -0.0529. The van der Waals surface area contributed by atoms with Gasteiger partial charge in [0.25, 0.3) is 0 Å². The molecule has 1 aliphatic rings. The van der Waals surface area contributed by atoms with Crippen LogP contribution >= 0.6 is 0 Å². The fourth-order valence-electron chi connectivity index (χ4n) is 3.15. The number of aromatic amines is 1. The normalized spacial score (nSPS) is 15.4. The Bertz CT molecular complexity index is 1210. The maximum Gasteiger partial charge on any atom is 0.327 e. The van der Waals surface area contributed by atoms with E-state index in [9.17, 15) is 0 Å². The Morgan fingerprint density at radius 1 is 1.07 bits per heavy atom. The summed E-state index contributed by atoms with van der Waals surface area (Å²) in [5.74, 6) is 1.46. The summed E-state index contributed by atoms with van der Waals surface area (Å²) in [7, 11) is 0. The molecule has 2 aromatic heterocycles. The Kier molecular flexibility index (Phi) is 4.65. The summed E-state index contributed by atoms with van der Waals surface area (Å²) >= 11 is 0. The van der Waals surface area contributed by atoms with Crippen LogP contribution in [0.25, 0.3) is 10.9 Å². The van der Waals surface area contributed by atoms with E-state index < -0.39 is 6.29 Å². The van der Waals surface area contributed by atoms with Crippen LogP contribution in [0.1, 0.15) is 11.3 Å². The minimum atomic E-state index is -0.451. The van der Waals surface area contributed by atoms with Crippen LogP contribution in [0, 0.1) is 6.92 Å². The molecule has 0 amide bonds. The van der Waals surface area contributed by atoms with Crippen molar-refractivity contribution in [3.8, 4) is 6.01 Å². The van der Waals surface area contributed by atoms with Gasteiger partial charge in [0.2, 0.25) is 6.29 Å². The van der Waals surface area contributed by atoms with Crippen LogP contribution in [0.15, 0.2) is 72.9 Å². The molecule has 5 rings (SSSR count). The molecule has 150 valence electrons. The molecular formula is C22H19N5O3. The van der Waals surface area contributed by atoms with E-state index in [2.05, 4.69) is 25.5 Å². The van der Waals surface area contributed by atoms with E-state index >= 15 is 0 Å². The molecule has 0 saturated heterocycles. The molecule has 0 aliphatic carbocycles. The number of nitrogens with zero attached hydrogens (tertiary/aromatic N) is 3. The SMILES string of the molecule is Cc1cc(Nc2nc(OC3=COC(Cc4ccccc4)O3)nc3ccccc23)n[nH]1. The molecule has 1 atom stereocenters. The number of fused-ring (bicyclic) bond motifs is 1. The molecule has 2 N–H and O–H groups in total. The summed E-state index contributed by atoms with van der Waals surface area (Å²) < 4.78 is 17.1. The van der Waals surface area contributed by atoms with Crippen LogP contribution in [0.5, 0.6) is 6.01 Å². The second-order valence-corrected chi connectivity index (χ2v) is 6.85. The molecule has 4 aromatic rings. The van der Waals surface area contributed by atoms with Gasteiger partial charge in [-0.2, -0.15) is 15.1 Å². The molecule has 0 radical (unpaired) electrons. The highest BCUT2D eigenvalue weighted by Crippen LogP contribution is 2.27. The molecule has 0 bridgehead atoms. The number of nitrogens with one attached hydrogen (secondary N) is 2. The lowest BCUT2D eigenvalue weighted by atomic mass is 10.1. The summed E-state index contributed by atoms with van der Waals surface area (Å²) in [6.45, 7) is 1.93. The minimum Gasteiger partial charge on any atom is -0.455 e. The van der Waals surface area contributed by atoms with Crippen LogP contribution in [-0.2, 0) is 15.9 Å². The Morgan fingerprint density at radius 3 is 2.73 bits per heavy atom. The van der Waals surface area contributed by atoms with Crippen LogP contribution in [0.3, 0.4) is 0 Å². The zero-order valence-electron chi connectivity index (χ0n) is 16.2. The number of para-hydroxylation sites is 1. The molecule has 8 heteroatoms. The quantitative estimate of drug-likeness (QED) is 0.500. The second kappa shape index (κ2) is 7.75.